The van der Waals surface area contributed by atoms with E-state index in [-0.39, 0.29) is 11.9 Å². The average molecular weight is 294 g/mol. The first kappa shape index (κ1) is 13.4. The zero-order chi connectivity index (χ0) is 14.3. The fourth-order valence-electron chi connectivity index (χ4n) is 3.00. The average Bonchev–Trinajstić information content (AvgIpc) is 2.73. The van der Waals surface area contributed by atoms with Crippen LogP contribution in [0.2, 0.25) is 5.15 Å². The van der Waals surface area contributed by atoms with Gasteiger partial charge in [0, 0.05) is 12.7 Å². The molecule has 1 unspecified atom stereocenters. The minimum absolute atomic E-state index is 0.0932. The molecule has 2 aromatic heterocycles. The molecule has 0 radical (unpaired) electrons. The standard InChI is InChI=1S/C14H16ClN3O2/c1-3-20-14(19)8-4-5-10-9(6-8)11-12(15)16-7-17-13(11)18(10)2/h7-8H,3-6H2,1-2H3. The van der Waals surface area contributed by atoms with Crippen molar-refractivity contribution < 1.29 is 9.53 Å². The Hall–Kier alpha value is -1.62. The molecule has 0 N–H and O–H groups in total. The SMILES string of the molecule is CCOC(=O)C1CCc2c(c3c(Cl)ncnc3n2C)C1. The van der Waals surface area contributed by atoms with Gasteiger partial charge in [0.2, 0.25) is 0 Å². The minimum atomic E-state index is -0.122. The molecule has 2 heterocycles. The molecule has 1 atom stereocenters. The molecule has 0 aromatic carbocycles. The molecule has 0 aliphatic heterocycles. The first-order chi connectivity index (χ1) is 9.63. The van der Waals surface area contributed by atoms with Gasteiger partial charge in [-0.25, -0.2) is 9.97 Å². The Morgan fingerprint density at radius 2 is 2.35 bits per heavy atom. The third-order valence-electron chi connectivity index (χ3n) is 3.95. The Morgan fingerprint density at radius 1 is 1.55 bits per heavy atom. The minimum Gasteiger partial charge on any atom is -0.466 e. The van der Waals surface area contributed by atoms with Crippen LogP contribution in [0.25, 0.3) is 11.0 Å². The van der Waals surface area contributed by atoms with E-state index in [0.29, 0.717) is 18.2 Å². The molecule has 0 spiro atoms. The van der Waals surface area contributed by atoms with Gasteiger partial charge in [0.05, 0.1) is 17.9 Å². The number of fused-ring (bicyclic) bond motifs is 3. The number of rotatable bonds is 2. The maximum Gasteiger partial charge on any atom is 0.309 e. The molecule has 0 bridgehead atoms. The topological polar surface area (TPSA) is 57.0 Å². The van der Waals surface area contributed by atoms with E-state index in [0.717, 1.165) is 29.4 Å². The van der Waals surface area contributed by atoms with Crippen molar-refractivity contribution in [2.45, 2.75) is 26.2 Å². The first-order valence-electron chi connectivity index (χ1n) is 6.76. The van der Waals surface area contributed by atoms with E-state index < -0.39 is 0 Å². The normalized spacial score (nSPS) is 18.1. The van der Waals surface area contributed by atoms with E-state index in [1.54, 1.807) is 0 Å². The van der Waals surface area contributed by atoms with Gasteiger partial charge in [-0.1, -0.05) is 11.6 Å². The van der Waals surface area contributed by atoms with Crippen molar-refractivity contribution >= 4 is 28.6 Å². The van der Waals surface area contributed by atoms with Crippen molar-refractivity contribution in [3.8, 4) is 0 Å². The van der Waals surface area contributed by atoms with Gasteiger partial charge in [-0.2, -0.15) is 0 Å². The van der Waals surface area contributed by atoms with Crippen LogP contribution in [-0.2, 0) is 29.4 Å². The highest BCUT2D eigenvalue weighted by Gasteiger charge is 2.30. The second kappa shape index (κ2) is 5.05. The second-order valence-electron chi connectivity index (χ2n) is 5.04. The molecule has 5 nitrogen and oxygen atoms in total. The van der Waals surface area contributed by atoms with E-state index in [9.17, 15) is 4.79 Å². The van der Waals surface area contributed by atoms with Gasteiger partial charge in [0.15, 0.2) is 0 Å². The fourth-order valence-corrected chi connectivity index (χ4v) is 3.25. The molecule has 106 valence electrons. The lowest BCUT2D eigenvalue weighted by atomic mass is 9.86. The van der Waals surface area contributed by atoms with Gasteiger partial charge in [0.1, 0.15) is 17.1 Å². The maximum absolute atomic E-state index is 11.9. The quantitative estimate of drug-likeness (QED) is 0.630. The molecule has 3 rings (SSSR count). The van der Waals surface area contributed by atoms with Crippen molar-refractivity contribution in [1.29, 1.82) is 0 Å². The fraction of sp³-hybridized carbons (Fsp3) is 0.500. The van der Waals surface area contributed by atoms with Gasteiger partial charge in [-0.3, -0.25) is 4.79 Å². The lowest BCUT2D eigenvalue weighted by molar-refractivity contribution is -0.148. The number of aryl methyl sites for hydroxylation is 1. The van der Waals surface area contributed by atoms with Crippen molar-refractivity contribution in [2.75, 3.05) is 6.61 Å². The summed E-state index contributed by atoms with van der Waals surface area (Å²) in [5, 5.41) is 1.33. The zero-order valence-corrected chi connectivity index (χ0v) is 12.3. The number of carbonyl (C=O) groups is 1. The van der Waals surface area contributed by atoms with Crippen LogP contribution in [-0.4, -0.2) is 27.1 Å². The van der Waals surface area contributed by atoms with E-state index in [2.05, 4.69) is 14.5 Å². The molecular formula is C14H16ClN3O2. The van der Waals surface area contributed by atoms with Crippen LogP contribution in [0, 0.1) is 5.92 Å². The van der Waals surface area contributed by atoms with E-state index in [4.69, 9.17) is 16.3 Å². The van der Waals surface area contributed by atoms with Crippen molar-refractivity contribution in [2.24, 2.45) is 13.0 Å². The van der Waals surface area contributed by atoms with Crippen LogP contribution >= 0.6 is 11.6 Å². The number of ether oxygens (including phenoxy) is 1. The summed E-state index contributed by atoms with van der Waals surface area (Å²) in [6.07, 6.45) is 3.76. The van der Waals surface area contributed by atoms with E-state index in [1.165, 1.54) is 12.0 Å². The molecule has 2 aromatic rings. The van der Waals surface area contributed by atoms with Gasteiger partial charge < -0.3 is 9.30 Å². The summed E-state index contributed by atoms with van der Waals surface area (Å²) >= 11 is 6.22. The lowest BCUT2D eigenvalue weighted by Gasteiger charge is -2.21. The highest BCUT2D eigenvalue weighted by molar-refractivity contribution is 6.34. The zero-order valence-electron chi connectivity index (χ0n) is 11.5. The van der Waals surface area contributed by atoms with E-state index >= 15 is 0 Å². The monoisotopic (exact) mass is 293 g/mol. The van der Waals surface area contributed by atoms with Crippen LogP contribution in [0.4, 0.5) is 0 Å². The summed E-state index contributed by atoms with van der Waals surface area (Å²) in [6, 6.07) is 0. The number of halogens is 1. The number of carbonyl (C=O) groups excluding carboxylic acids is 1. The Bertz CT molecular complexity index is 681. The molecular weight excluding hydrogens is 278 g/mol. The lowest BCUT2D eigenvalue weighted by Crippen LogP contribution is -2.25. The van der Waals surface area contributed by atoms with Gasteiger partial charge in [-0.15, -0.1) is 0 Å². The van der Waals surface area contributed by atoms with Gasteiger partial charge in [-0.05, 0) is 31.7 Å². The number of hydrogen-bond donors (Lipinski definition) is 0. The number of esters is 1. The molecule has 0 fully saturated rings. The highest BCUT2D eigenvalue weighted by Crippen LogP contribution is 2.35. The highest BCUT2D eigenvalue weighted by atomic mass is 35.5. The summed E-state index contributed by atoms with van der Waals surface area (Å²) in [4.78, 5) is 20.3. The van der Waals surface area contributed by atoms with Crippen LogP contribution in [0.1, 0.15) is 24.6 Å². The number of nitrogens with zero attached hydrogens (tertiary/aromatic N) is 3. The predicted octanol–water partition coefficient (Wildman–Crippen LogP) is 2.29. The molecule has 0 amide bonds. The summed E-state index contributed by atoms with van der Waals surface area (Å²) in [5.41, 5.74) is 3.12. The third-order valence-corrected chi connectivity index (χ3v) is 4.24. The molecule has 6 heteroatoms. The van der Waals surface area contributed by atoms with Gasteiger partial charge in [0.25, 0.3) is 0 Å². The second-order valence-corrected chi connectivity index (χ2v) is 5.40. The Morgan fingerprint density at radius 3 is 3.10 bits per heavy atom. The number of aromatic nitrogens is 3. The van der Waals surface area contributed by atoms with Crippen molar-refractivity contribution in [3.05, 3.63) is 22.7 Å². The Kier molecular flexibility index (Phi) is 3.38. The molecule has 1 aliphatic rings. The van der Waals surface area contributed by atoms with Crippen molar-refractivity contribution in [3.63, 3.8) is 0 Å². The third kappa shape index (κ3) is 1.97. The Labute approximate surface area is 121 Å². The predicted molar refractivity (Wildman–Crippen MR) is 75.7 cm³/mol. The summed E-state index contributed by atoms with van der Waals surface area (Å²) in [5.74, 6) is -0.215. The summed E-state index contributed by atoms with van der Waals surface area (Å²) in [7, 11) is 1.98. The van der Waals surface area contributed by atoms with Crippen LogP contribution in [0.15, 0.2) is 6.33 Å². The van der Waals surface area contributed by atoms with Crippen molar-refractivity contribution in [1.82, 2.24) is 14.5 Å². The molecule has 0 saturated carbocycles. The maximum atomic E-state index is 11.9. The first-order valence-corrected chi connectivity index (χ1v) is 7.14. The molecule has 0 saturated heterocycles. The Balaban J connectivity index is 2.06. The summed E-state index contributed by atoms with van der Waals surface area (Å²) < 4.78 is 7.19. The number of hydrogen-bond acceptors (Lipinski definition) is 4. The summed E-state index contributed by atoms with van der Waals surface area (Å²) in [6.45, 7) is 2.25. The van der Waals surface area contributed by atoms with Gasteiger partial charge >= 0.3 is 5.97 Å². The van der Waals surface area contributed by atoms with Crippen LogP contribution in [0.3, 0.4) is 0 Å². The molecule has 20 heavy (non-hydrogen) atoms. The largest absolute Gasteiger partial charge is 0.466 e. The van der Waals surface area contributed by atoms with Crippen LogP contribution < -0.4 is 0 Å². The van der Waals surface area contributed by atoms with E-state index in [1.807, 2.05) is 14.0 Å². The smallest absolute Gasteiger partial charge is 0.309 e. The molecule has 1 aliphatic carbocycles. The van der Waals surface area contributed by atoms with Crippen LogP contribution in [0.5, 0.6) is 0 Å².